The minimum Gasteiger partial charge on any atom is -0.478 e. The summed E-state index contributed by atoms with van der Waals surface area (Å²) < 4.78 is 5.06. The van der Waals surface area contributed by atoms with Gasteiger partial charge in [-0.15, -0.1) is 0 Å². The van der Waals surface area contributed by atoms with Crippen molar-refractivity contribution >= 4 is 29.4 Å². The van der Waals surface area contributed by atoms with Crippen molar-refractivity contribution in [2.24, 2.45) is 0 Å². The van der Waals surface area contributed by atoms with Crippen molar-refractivity contribution in [3.8, 4) is 0 Å². The molecule has 5 nitrogen and oxygen atoms in total. The molecule has 0 spiro atoms. The van der Waals surface area contributed by atoms with Crippen molar-refractivity contribution in [3.05, 3.63) is 28.3 Å². The van der Waals surface area contributed by atoms with E-state index in [-0.39, 0.29) is 16.3 Å². The van der Waals surface area contributed by atoms with Crippen LogP contribution in [0.5, 0.6) is 0 Å². The Labute approximate surface area is 116 Å². The first-order valence-corrected chi connectivity index (χ1v) is 6.01. The van der Waals surface area contributed by atoms with Crippen LogP contribution in [0.4, 0.5) is 10.5 Å². The smallest absolute Gasteiger partial charge is 0.412 e. The van der Waals surface area contributed by atoms with Crippen LogP contribution in [0, 0.1) is 6.92 Å². The van der Waals surface area contributed by atoms with E-state index in [2.05, 4.69) is 5.32 Å². The second kappa shape index (κ2) is 5.48. The lowest BCUT2D eigenvalue weighted by molar-refractivity contribution is 0.0636. The molecule has 1 aromatic carbocycles. The lowest BCUT2D eigenvalue weighted by Crippen LogP contribution is -2.28. The van der Waals surface area contributed by atoms with Gasteiger partial charge in [0.25, 0.3) is 0 Å². The molecule has 0 aliphatic carbocycles. The number of amides is 1. The van der Waals surface area contributed by atoms with Gasteiger partial charge in [-0.05, 0) is 45.4 Å². The molecule has 0 aliphatic heterocycles. The number of ether oxygens (including phenoxy) is 1. The van der Waals surface area contributed by atoms with E-state index >= 15 is 0 Å². The van der Waals surface area contributed by atoms with Gasteiger partial charge in [-0.3, -0.25) is 5.32 Å². The minimum absolute atomic E-state index is 0.0361. The van der Waals surface area contributed by atoms with Gasteiger partial charge >= 0.3 is 12.1 Å². The highest BCUT2D eigenvalue weighted by Gasteiger charge is 2.20. The molecular formula is C13H16ClNO4. The molecule has 0 saturated heterocycles. The summed E-state index contributed by atoms with van der Waals surface area (Å²) in [5.74, 6) is -1.17. The Kier molecular flexibility index (Phi) is 4.42. The largest absolute Gasteiger partial charge is 0.478 e. The van der Waals surface area contributed by atoms with E-state index in [1.54, 1.807) is 33.8 Å². The third-order valence-corrected chi connectivity index (χ3v) is 2.39. The summed E-state index contributed by atoms with van der Waals surface area (Å²) in [6.07, 6.45) is -0.749. The quantitative estimate of drug-likeness (QED) is 0.869. The predicted octanol–water partition coefficient (Wildman–Crippen LogP) is 3.69. The second-order valence-corrected chi connectivity index (χ2v) is 5.51. The molecule has 1 aromatic rings. The Morgan fingerprint density at radius 2 is 1.89 bits per heavy atom. The van der Waals surface area contributed by atoms with Gasteiger partial charge in [0, 0.05) is 0 Å². The van der Waals surface area contributed by atoms with Gasteiger partial charge in [-0.1, -0.05) is 11.6 Å². The summed E-state index contributed by atoms with van der Waals surface area (Å²) in [5.41, 5.74) is -0.0213. The Morgan fingerprint density at radius 3 is 2.37 bits per heavy atom. The number of nitrogens with one attached hydrogen (secondary N) is 1. The SMILES string of the molecule is Cc1cc(Cl)c(NC(=O)OC(C)(C)C)c(C(=O)O)c1. The Hall–Kier alpha value is -1.75. The molecule has 1 rings (SSSR count). The fourth-order valence-corrected chi connectivity index (χ4v) is 1.76. The van der Waals surface area contributed by atoms with Gasteiger partial charge in [0.05, 0.1) is 16.3 Å². The third-order valence-electron chi connectivity index (χ3n) is 2.09. The molecule has 0 bridgehead atoms. The highest BCUT2D eigenvalue weighted by atomic mass is 35.5. The van der Waals surface area contributed by atoms with E-state index < -0.39 is 17.7 Å². The van der Waals surface area contributed by atoms with Gasteiger partial charge in [0.15, 0.2) is 0 Å². The van der Waals surface area contributed by atoms with Gasteiger partial charge < -0.3 is 9.84 Å². The van der Waals surface area contributed by atoms with Gasteiger partial charge in [-0.25, -0.2) is 9.59 Å². The lowest BCUT2D eigenvalue weighted by atomic mass is 10.1. The first-order valence-electron chi connectivity index (χ1n) is 5.63. The molecule has 104 valence electrons. The molecule has 19 heavy (non-hydrogen) atoms. The first-order chi connectivity index (χ1) is 8.60. The molecule has 0 aromatic heterocycles. The van der Waals surface area contributed by atoms with Crippen LogP contribution >= 0.6 is 11.6 Å². The molecule has 0 heterocycles. The minimum atomic E-state index is -1.17. The third kappa shape index (κ3) is 4.44. The summed E-state index contributed by atoms with van der Waals surface area (Å²) in [6, 6.07) is 3.00. The van der Waals surface area contributed by atoms with Crippen molar-refractivity contribution < 1.29 is 19.4 Å². The van der Waals surface area contributed by atoms with Crippen LogP contribution in [0.15, 0.2) is 12.1 Å². The summed E-state index contributed by atoms with van der Waals surface area (Å²) in [5, 5.41) is 11.6. The predicted molar refractivity (Wildman–Crippen MR) is 73.0 cm³/mol. The fourth-order valence-electron chi connectivity index (χ4n) is 1.44. The second-order valence-electron chi connectivity index (χ2n) is 5.10. The Morgan fingerprint density at radius 1 is 1.32 bits per heavy atom. The average Bonchev–Trinajstić information content (AvgIpc) is 2.18. The van der Waals surface area contributed by atoms with Crippen molar-refractivity contribution in [2.75, 3.05) is 5.32 Å². The maximum Gasteiger partial charge on any atom is 0.412 e. The molecule has 0 unspecified atom stereocenters. The number of carboxylic acid groups (broad SMARTS) is 1. The van der Waals surface area contributed by atoms with Crippen LogP contribution in [0.25, 0.3) is 0 Å². The van der Waals surface area contributed by atoms with E-state index in [9.17, 15) is 9.59 Å². The molecule has 1 amide bonds. The summed E-state index contributed by atoms with van der Waals surface area (Å²) in [4.78, 5) is 22.8. The molecule has 0 saturated carbocycles. The number of carbonyl (C=O) groups excluding carboxylic acids is 1. The molecule has 6 heteroatoms. The molecule has 0 fully saturated rings. The van der Waals surface area contributed by atoms with Crippen molar-refractivity contribution in [1.29, 1.82) is 0 Å². The molecule has 0 aliphatic rings. The number of carboxylic acids is 1. The van der Waals surface area contributed by atoms with Crippen LogP contribution in [-0.2, 0) is 4.74 Å². The zero-order chi connectivity index (χ0) is 14.8. The van der Waals surface area contributed by atoms with Crippen molar-refractivity contribution in [3.63, 3.8) is 0 Å². The van der Waals surface area contributed by atoms with E-state index in [1.165, 1.54) is 6.07 Å². The standard InChI is InChI=1S/C13H16ClNO4/c1-7-5-8(11(16)17)10(9(14)6-7)15-12(18)19-13(2,3)4/h5-6H,1-4H3,(H,15,18)(H,16,17). The van der Waals surface area contributed by atoms with Crippen LogP contribution < -0.4 is 5.32 Å². The first kappa shape index (κ1) is 15.3. The molecule has 0 radical (unpaired) electrons. The lowest BCUT2D eigenvalue weighted by Gasteiger charge is -2.20. The summed E-state index contributed by atoms with van der Waals surface area (Å²) >= 11 is 5.96. The topological polar surface area (TPSA) is 75.6 Å². The zero-order valence-electron chi connectivity index (χ0n) is 11.2. The number of anilines is 1. The highest BCUT2D eigenvalue weighted by Crippen LogP contribution is 2.28. The molecule has 0 atom stereocenters. The van der Waals surface area contributed by atoms with Gasteiger partial charge in [-0.2, -0.15) is 0 Å². The number of rotatable bonds is 2. The number of benzene rings is 1. The average molecular weight is 286 g/mol. The monoisotopic (exact) mass is 285 g/mol. The van der Waals surface area contributed by atoms with E-state index in [4.69, 9.17) is 21.4 Å². The van der Waals surface area contributed by atoms with E-state index in [1.807, 2.05) is 0 Å². The number of aromatic carboxylic acids is 1. The molecular weight excluding hydrogens is 270 g/mol. The van der Waals surface area contributed by atoms with Gasteiger partial charge in [0.1, 0.15) is 5.60 Å². The van der Waals surface area contributed by atoms with Gasteiger partial charge in [0.2, 0.25) is 0 Å². The number of carbonyl (C=O) groups is 2. The van der Waals surface area contributed by atoms with Crippen molar-refractivity contribution in [1.82, 2.24) is 0 Å². The highest BCUT2D eigenvalue weighted by molar-refractivity contribution is 6.34. The van der Waals surface area contributed by atoms with Crippen LogP contribution in [-0.4, -0.2) is 22.8 Å². The zero-order valence-corrected chi connectivity index (χ0v) is 12.0. The Bertz CT molecular complexity index is 520. The van der Waals surface area contributed by atoms with Crippen LogP contribution in [0.1, 0.15) is 36.7 Å². The summed E-state index contributed by atoms with van der Waals surface area (Å²) in [6.45, 7) is 6.85. The van der Waals surface area contributed by atoms with Crippen LogP contribution in [0.3, 0.4) is 0 Å². The normalized spacial score (nSPS) is 11.0. The Balaban J connectivity index is 3.07. The maximum atomic E-state index is 11.7. The fraction of sp³-hybridized carbons (Fsp3) is 0.385. The van der Waals surface area contributed by atoms with Crippen molar-refractivity contribution in [2.45, 2.75) is 33.3 Å². The van der Waals surface area contributed by atoms with E-state index in [0.29, 0.717) is 5.56 Å². The number of hydrogen-bond acceptors (Lipinski definition) is 3. The number of halogens is 1. The molecule has 2 N–H and O–H groups in total. The maximum absolute atomic E-state index is 11.7. The number of hydrogen-bond donors (Lipinski definition) is 2. The van der Waals surface area contributed by atoms with E-state index in [0.717, 1.165) is 0 Å². The summed E-state index contributed by atoms with van der Waals surface area (Å²) in [7, 11) is 0. The number of aryl methyl sites for hydroxylation is 1. The van der Waals surface area contributed by atoms with Crippen LogP contribution in [0.2, 0.25) is 5.02 Å².